The van der Waals surface area contributed by atoms with Crippen LogP contribution in [0.25, 0.3) is 0 Å². The van der Waals surface area contributed by atoms with Gasteiger partial charge in [-0.2, -0.15) is 0 Å². The second kappa shape index (κ2) is 5.14. The van der Waals surface area contributed by atoms with Crippen LogP contribution in [-0.4, -0.2) is 40.2 Å². The van der Waals surface area contributed by atoms with E-state index in [9.17, 15) is 4.79 Å². The van der Waals surface area contributed by atoms with Gasteiger partial charge in [-0.15, -0.1) is 0 Å². The summed E-state index contributed by atoms with van der Waals surface area (Å²) in [6.45, 7) is 3.75. The fourth-order valence-corrected chi connectivity index (χ4v) is 4.28. The van der Waals surface area contributed by atoms with Crippen molar-refractivity contribution >= 4 is 23.2 Å². The molecule has 0 saturated carbocycles. The number of hydrogen-bond acceptors (Lipinski definition) is 3. The zero-order valence-electron chi connectivity index (χ0n) is 13.1. The summed E-state index contributed by atoms with van der Waals surface area (Å²) in [5.74, 6) is 0.301. The molecule has 2 fully saturated rings. The molecule has 0 aromatic heterocycles. The zero-order valence-corrected chi connectivity index (χ0v) is 13.9. The van der Waals surface area contributed by atoms with Gasteiger partial charge >= 0.3 is 0 Å². The molecule has 23 heavy (non-hydrogen) atoms. The molecule has 4 nitrogen and oxygen atoms in total. The van der Waals surface area contributed by atoms with Crippen LogP contribution in [0.2, 0.25) is 0 Å². The number of benzene rings is 1. The minimum absolute atomic E-state index is 0.0638. The maximum atomic E-state index is 12.2. The maximum Gasteiger partial charge on any atom is 0.257 e. The molecule has 2 saturated heterocycles. The molecule has 3 atom stereocenters. The molecule has 1 N–H and O–H groups in total. The molecule has 2 bridgehead atoms. The molecule has 4 rings (SSSR count). The van der Waals surface area contributed by atoms with E-state index in [0.717, 1.165) is 25.9 Å². The lowest BCUT2D eigenvalue weighted by atomic mass is 9.80. The summed E-state index contributed by atoms with van der Waals surface area (Å²) < 4.78 is 6.37. The lowest BCUT2D eigenvalue weighted by molar-refractivity contribution is -0.0348. The lowest BCUT2D eigenvalue weighted by Gasteiger charge is -2.26. The molecule has 1 spiro atoms. The number of ether oxygens (including phenoxy) is 1. The third kappa shape index (κ3) is 2.30. The Labute approximate surface area is 141 Å². The Morgan fingerprint density at radius 2 is 2.17 bits per heavy atom. The van der Waals surface area contributed by atoms with Gasteiger partial charge in [0.15, 0.2) is 5.11 Å². The van der Waals surface area contributed by atoms with Gasteiger partial charge in [0.2, 0.25) is 0 Å². The number of hydrogen-bond donors (Lipinski definition) is 1. The van der Waals surface area contributed by atoms with Crippen LogP contribution < -0.4 is 5.32 Å². The molecule has 0 radical (unpaired) electrons. The Morgan fingerprint density at radius 1 is 1.39 bits per heavy atom. The van der Waals surface area contributed by atoms with Gasteiger partial charge in [0.1, 0.15) is 5.60 Å². The summed E-state index contributed by atoms with van der Waals surface area (Å²) in [6, 6.07) is 9.15. The molecule has 120 valence electrons. The first-order valence-electron chi connectivity index (χ1n) is 8.12. The molecule has 1 amide bonds. The minimum Gasteiger partial charge on any atom is -0.358 e. The monoisotopic (exact) mass is 328 g/mol. The molecular weight excluding hydrogens is 308 g/mol. The first kappa shape index (κ1) is 14.8. The number of amides is 1. The van der Waals surface area contributed by atoms with E-state index in [1.807, 2.05) is 18.2 Å². The van der Waals surface area contributed by atoms with Gasteiger partial charge in [-0.25, -0.2) is 0 Å². The lowest BCUT2D eigenvalue weighted by Crippen LogP contribution is -2.44. The Kier molecular flexibility index (Phi) is 3.32. The first-order valence-corrected chi connectivity index (χ1v) is 8.53. The van der Waals surface area contributed by atoms with Crippen LogP contribution in [0.4, 0.5) is 0 Å². The van der Waals surface area contributed by atoms with Gasteiger partial charge in [-0.3, -0.25) is 10.1 Å². The Balaban J connectivity index is 1.43. The zero-order chi connectivity index (χ0) is 16.1. The smallest absolute Gasteiger partial charge is 0.257 e. The molecule has 1 aromatic carbocycles. The number of fused-ring (bicyclic) bond motifs is 1. The van der Waals surface area contributed by atoms with Gasteiger partial charge in [-0.05, 0) is 37.2 Å². The third-order valence-electron chi connectivity index (χ3n) is 5.37. The number of carbonyl (C=O) groups excluding carboxylic acids is 1. The van der Waals surface area contributed by atoms with Crippen LogP contribution >= 0.6 is 12.2 Å². The second-order valence-electron chi connectivity index (χ2n) is 6.72. The van der Waals surface area contributed by atoms with E-state index in [-0.39, 0.29) is 17.1 Å². The highest BCUT2D eigenvalue weighted by Gasteiger charge is 2.61. The summed E-state index contributed by atoms with van der Waals surface area (Å²) in [5, 5.41) is 3.34. The van der Waals surface area contributed by atoms with Crippen LogP contribution in [0.1, 0.15) is 30.1 Å². The van der Waals surface area contributed by atoms with Crippen LogP contribution in [0.5, 0.6) is 0 Å². The van der Waals surface area contributed by atoms with Crippen molar-refractivity contribution in [3.63, 3.8) is 0 Å². The highest BCUT2D eigenvalue weighted by atomic mass is 32.1. The van der Waals surface area contributed by atoms with Gasteiger partial charge in [0.05, 0.1) is 12.1 Å². The van der Waals surface area contributed by atoms with Gasteiger partial charge in [-0.1, -0.05) is 37.3 Å². The number of nitrogens with one attached hydrogen (secondary N) is 1. The molecule has 3 aliphatic heterocycles. The Morgan fingerprint density at radius 3 is 2.87 bits per heavy atom. The predicted molar refractivity (Wildman–Crippen MR) is 92.2 cm³/mol. The number of rotatable bonds is 2. The van der Waals surface area contributed by atoms with Gasteiger partial charge in [0, 0.05) is 18.0 Å². The summed E-state index contributed by atoms with van der Waals surface area (Å²) in [7, 11) is 0. The second-order valence-corrected chi connectivity index (χ2v) is 7.10. The molecule has 0 aliphatic carbocycles. The van der Waals surface area contributed by atoms with Crippen LogP contribution in [0.15, 0.2) is 42.5 Å². The van der Waals surface area contributed by atoms with E-state index in [1.54, 1.807) is 12.1 Å². The third-order valence-corrected chi connectivity index (χ3v) is 5.73. The van der Waals surface area contributed by atoms with Crippen molar-refractivity contribution < 1.29 is 9.53 Å². The minimum atomic E-state index is -0.211. The average Bonchev–Trinajstić information content (AvgIpc) is 3.20. The van der Waals surface area contributed by atoms with Gasteiger partial charge in [0.25, 0.3) is 5.91 Å². The van der Waals surface area contributed by atoms with Crippen molar-refractivity contribution in [1.29, 1.82) is 0 Å². The van der Waals surface area contributed by atoms with Crippen LogP contribution in [-0.2, 0) is 4.74 Å². The van der Waals surface area contributed by atoms with Crippen molar-refractivity contribution in [2.75, 3.05) is 13.1 Å². The van der Waals surface area contributed by atoms with E-state index < -0.39 is 0 Å². The number of likely N-dealkylation sites (tertiary alicyclic amines) is 1. The van der Waals surface area contributed by atoms with E-state index >= 15 is 0 Å². The van der Waals surface area contributed by atoms with E-state index in [2.05, 4.69) is 29.3 Å². The van der Waals surface area contributed by atoms with Crippen molar-refractivity contribution in [3.8, 4) is 0 Å². The van der Waals surface area contributed by atoms with Gasteiger partial charge < -0.3 is 9.64 Å². The largest absolute Gasteiger partial charge is 0.358 e. The number of nitrogens with zero attached hydrogens (tertiary/aromatic N) is 1. The molecule has 5 heteroatoms. The molecule has 3 heterocycles. The normalized spacial score (nSPS) is 33.8. The molecule has 3 aliphatic rings. The fraction of sp³-hybridized carbons (Fsp3) is 0.444. The van der Waals surface area contributed by atoms with Crippen molar-refractivity contribution in [2.24, 2.45) is 5.92 Å². The van der Waals surface area contributed by atoms with Crippen molar-refractivity contribution in [3.05, 3.63) is 48.0 Å². The SMILES string of the molecule is CCC12C=CC3(CN(C(=S)NC(=O)c4ccccc4)CC3C1)O2. The average molecular weight is 328 g/mol. The van der Waals surface area contributed by atoms with Crippen molar-refractivity contribution in [2.45, 2.75) is 31.0 Å². The molecular formula is C18H20N2O2S. The number of carbonyl (C=O) groups is 1. The standard InChI is InChI=1S/C18H20N2O2S/c1-2-17-8-9-18(22-17)12-20(11-14(18)10-17)16(23)19-15(21)13-6-4-3-5-7-13/h3-9,14H,2,10-12H2,1H3,(H,19,21,23). The quantitative estimate of drug-likeness (QED) is 0.669. The van der Waals surface area contributed by atoms with Crippen LogP contribution in [0, 0.1) is 5.92 Å². The summed E-state index contributed by atoms with van der Waals surface area (Å²) >= 11 is 5.45. The summed E-state index contributed by atoms with van der Waals surface area (Å²) in [6.07, 6.45) is 6.49. The van der Waals surface area contributed by atoms with Crippen molar-refractivity contribution in [1.82, 2.24) is 10.2 Å². The topological polar surface area (TPSA) is 41.6 Å². The first-order chi connectivity index (χ1) is 11.1. The Bertz CT molecular complexity index is 690. The number of thiocarbonyl (C=S) groups is 1. The Hall–Kier alpha value is -1.72. The molecule has 1 aromatic rings. The van der Waals surface area contributed by atoms with E-state index in [0.29, 0.717) is 16.6 Å². The van der Waals surface area contributed by atoms with E-state index in [1.165, 1.54) is 0 Å². The highest BCUT2D eigenvalue weighted by Crippen LogP contribution is 2.54. The molecule has 3 unspecified atom stereocenters. The highest BCUT2D eigenvalue weighted by molar-refractivity contribution is 7.80. The maximum absolute atomic E-state index is 12.2. The van der Waals surface area contributed by atoms with E-state index in [4.69, 9.17) is 17.0 Å². The summed E-state index contributed by atoms with van der Waals surface area (Å²) in [4.78, 5) is 14.3. The fourth-order valence-electron chi connectivity index (χ4n) is 4.05. The predicted octanol–water partition coefficient (Wildman–Crippen LogP) is 2.51. The summed E-state index contributed by atoms with van der Waals surface area (Å²) in [5.41, 5.74) is 0.345. The van der Waals surface area contributed by atoms with Crippen LogP contribution in [0.3, 0.4) is 0 Å².